The molecule has 2 rings (SSSR count). The molecule has 1 unspecified atom stereocenters. The predicted molar refractivity (Wildman–Crippen MR) is 69.3 cm³/mol. The van der Waals surface area contributed by atoms with Crippen LogP contribution in [0.2, 0.25) is 0 Å². The topological polar surface area (TPSA) is 35.6 Å². The molecule has 2 fully saturated rings. The highest BCUT2D eigenvalue weighted by Crippen LogP contribution is 2.30. The molecule has 0 spiro atoms. The number of hydrogen-bond donors (Lipinski definition) is 1. The standard InChI is InChI=1S/C13H23F2N3O/c1-10(19)16-12-5-8-18(9-13(12,14)15)11-3-6-17(2)7-4-11/h11-12H,3-9H2,1-2H3,(H,16,19). The zero-order chi connectivity index (χ0) is 14.0. The Bertz CT molecular complexity index is 330. The number of carbonyl (C=O) groups excluding carboxylic acids is 1. The van der Waals surface area contributed by atoms with Crippen molar-refractivity contribution >= 4 is 5.91 Å². The van der Waals surface area contributed by atoms with Crippen LogP contribution in [-0.4, -0.2) is 66.9 Å². The Labute approximate surface area is 113 Å². The molecule has 2 aliphatic heterocycles. The van der Waals surface area contributed by atoms with Crippen molar-refractivity contribution in [2.45, 2.75) is 44.2 Å². The summed E-state index contributed by atoms with van der Waals surface area (Å²) in [7, 11) is 2.06. The van der Waals surface area contributed by atoms with Crippen LogP contribution in [0.25, 0.3) is 0 Å². The van der Waals surface area contributed by atoms with Gasteiger partial charge in [-0.15, -0.1) is 0 Å². The zero-order valence-electron chi connectivity index (χ0n) is 11.7. The number of hydrogen-bond acceptors (Lipinski definition) is 3. The summed E-state index contributed by atoms with van der Waals surface area (Å²) < 4.78 is 28.1. The molecule has 1 amide bonds. The van der Waals surface area contributed by atoms with Crippen LogP contribution in [0.5, 0.6) is 0 Å². The monoisotopic (exact) mass is 275 g/mol. The second-order valence-electron chi connectivity index (χ2n) is 5.81. The van der Waals surface area contributed by atoms with Gasteiger partial charge in [-0.05, 0) is 39.4 Å². The largest absolute Gasteiger partial charge is 0.347 e. The summed E-state index contributed by atoms with van der Waals surface area (Å²) in [6, 6.07) is -0.743. The molecule has 1 N–H and O–H groups in total. The van der Waals surface area contributed by atoms with Crippen LogP contribution in [0, 0.1) is 0 Å². The molecule has 0 aliphatic carbocycles. The van der Waals surface area contributed by atoms with E-state index in [0.29, 0.717) is 13.0 Å². The van der Waals surface area contributed by atoms with Gasteiger partial charge in [0.2, 0.25) is 5.91 Å². The van der Waals surface area contributed by atoms with Gasteiger partial charge in [-0.2, -0.15) is 0 Å². The van der Waals surface area contributed by atoms with Gasteiger partial charge in [0, 0.05) is 19.5 Å². The Kier molecular flexibility index (Phi) is 4.40. The molecule has 2 saturated heterocycles. The summed E-state index contributed by atoms with van der Waals surface area (Å²) in [5, 5.41) is 2.38. The number of carbonyl (C=O) groups is 1. The molecule has 19 heavy (non-hydrogen) atoms. The van der Waals surface area contributed by atoms with Crippen molar-refractivity contribution in [3.8, 4) is 0 Å². The number of piperidine rings is 2. The smallest absolute Gasteiger partial charge is 0.280 e. The fourth-order valence-electron chi connectivity index (χ4n) is 3.06. The molecule has 0 saturated carbocycles. The Hall–Kier alpha value is -0.750. The number of nitrogens with one attached hydrogen (secondary N) is 1. The molecule has 0 aromatic carbocycles. The molecule has 110 valence electrons. The van der Waals surface area contributed by atoms with Gasteiger partial charge in [0.05, 0.1) is 12.6 Å². The number of alkyl halides is 2. The molecule has 1 atom stereocenters. The average molecular weight is 275 g/mol. The highest BCUT2D eigenvalue weighted by Gasteiger charge is 2.46. The van der Waals surface area contributed by atoms with Crippen LogP contribution in [-0.2, 0) is 4.79 Å². The Morgan fingerprint density at radius 2 is 1.84 bits per heavy atom. The first-order valence-electron chi connectivity index (χ1n) is 6.96. The molecule has 0 aromatic rings. The first-order valence-corrected chi connectivity index (χ1v) is 6.96. The SMILES string of the molecule is CC(=O)NC1CCN(C2CCN(C)CC2)CC1(F)F. The summed E-state index contributed by atoms with van der Waals surface area (Å²) in [5.41, 5.74) is 0. The van der Waals surface area contributed by atoms with Crippen LogP contribution in [0.1, 0.15) is 26.2 Å². The maximum atomic E-state index is 14.0. The average Bonchev–Trinajstić information content (AvgIpc) is 2.32. The van der Waals surface area contributed by atoms with Crippen molar-refractivity contribution in [3.63, 3.8) is 0 Å². The summed E-state index contributed by atoms with van der Waals surface area (Å²) in [5.74, 6) is -3.20. The van der Waals surface area contributed by atoms with E-state index in [1.807, 2.05) is 4.90 Å². The first kappa shape index (κ1) is 14.7. The first-order chi connectivity index (χ1) is 8.88. The van der Waals surface area contributed by atoms with Gasteiger partial charge in [-0.3, -0.25) is 9.69 Å². The van der Waals surface area contributed by atoms with Crippen molar-refractivity contribution in [3.05, 3.63) is 0 Å². The molecule has 0 bridgehead atoms. The minimum Gasteiger partial charge on any atom is -0.347 e. The lowest BCUT2D eigenvalue weighted by Crippen LogP contribution is -2.60. The third kappa shape index (κ3) is 3.63. The van der Waals surface area contributed by atoms with E-state index < -0.39 is 12.0 Å². The van der Waals surface area contributed by atoms with Crippen LogP contribution < -0.4 is 5.32 Å². The maximum Gasteiger partial charge on any atom is 0.280 e. The van der Waals surface area contributed by atoms with Crippen molar-refractivity contribution in [1.29, 1.82) is 0 Å². The highest BCUT2D eigenvalue weighted by atomic mass is 19.3. The number of amides is 1. The van der Waals surface area contributed by atoms with Gasteiger partial charge in [-0.25, -0.2) is 8.78 Å². The number of likely N-dealkylation sites (tertiary alicyclic amines) is 2. The van der Waals surface area contributed by atoms with Gasteiger partial charge in [0.25, 0.3) is 5.92 Å². The molecule has 4 nitrogen and oxygen atoms in total. The van der Waals surface area contributed by atoms with Gasteiger partial charge in [-0.1, -0.05) is 0 Å². The number of rotatable bonds is 2. The third-order valence-electron chi connectivity index (χ3n) is 4.21. The summed E-state index contributed by atoms with van der Waals surface area (Å²) in [4.78, 5) is 15.1. The molecule has 2 aliphatic rings. The maximum absolute atomic E-state index is 14.0. The van der Waals surface area contributed by atoms with E-state index >= 15 is 0 Å². The van der Waals surface area contributed by atoms with E-state index in [2.05, 4.69) is 17.3 Å². The van der Waals surface area contributed by atoms with E-state index in [1.54, 1.807) is 0 Å². The van der Waals surface area contributed by atoms with Gasteiger partial charge in [0.1, 0.15) is 0 Å². The Balaban J connectivity index is 1.92. The quantitative estimate of drug-likeness (QED) is 0.814. The molecule has 0 aromatic heterocycles. The zero-order valence-corrected chi connectivity index (χ0v) is 11.7. The lowest BCUT2D eigenvalue weighted by molar-refractivity contribution is -0.131. The van der Waals surface area contributed by atoms with Crippen LogP contribution in [0.15, 0.2) is 0 Å². The van der Waals surface area contributed by atoms with Gasteiger partial charge in [0.15, 0.2) is 0 Å². The normalized spacial score (nSPS) is 30.2. The predicted octanol–water partition coefficient (Wildman–Crippen LogP) is 0.926. The highest BCUT2D eigenvalue weighted by molar-refractivity contribution is 5.73. The Morgan fingerprint density at radius 3 is 2.37 bits per heavy atom. The minimum absolute atomic E-state index is 0.230. The van der Waals surface area contributed by atoms with Crippen molar-refractivity contribution in [1.82, 2.24) is 15.1 Å². The van der Waals surface area contributed by atoms with E-state index in [9.17, 15) is 13.6 Å². The molecule has 2 heterocycles. The van der Waals surface area contributed by atoms with Crippen LogP contribution >= 0.6 is 0 Å². The second-order valence-corrected chi connectivity index (χ2v) is 5.81. The van der Waals surface area contributed by atoms with Gasteiger partial charge < -0.3 is 10.2 Å². The number of nitrogens with zero attached hydrogens (tertiary/aromatic N) is 2. The van der Waals surface area contributed by atoms with Crippen LogP contribution in [0.3, 0.4) is 0 Å². The second kappa shape index (κ2) is 5.71. The van der Waals surface area contributed by atoms with Crippen molar-refractivity contribution < 1.29 is 13.6 Å². The summed E-state index contributed by atoms with van der Waals surface area (Å²) >= 11 is 0. The van der Waals surface area contributed by atoms with E-state index in [-0.39, 0.29) is 18.5 Å². The fourth-order valence-corrected chi connectivity index (χ4v) is 3.06. The fraction of sp³-hybridized carbons (Fsp3) is 0.923. The molecular formula is C13H23F2N3O. The lowest BCUT2D eigenvalue weighted by Gasteiger charge is -2.44. The molecule has 0 radical (unpaired) electrons. The minimum atomic E-state index is -2.83. The number of halogens is 2. The van der Waals surface area contributed by atoms with Gasteiger partial charge >= 0.3 is 0 Å². The van der Waals surface area contributed by atoms with Crippen molar-refractivity contribution in [2.24, 2.45) is 0 Å². The summed E-state index contributed by atoms with van der Waals surface area (Å²) in [6.45, 7) is 3.66. The third-order valence-corrected chi connectivity index (χ3v) is 4.21. The van der Waals surface area contributed by atoms with Crippen molar-refractivity contribution in [2.75, 3.05) is 33.2 Å². The van der Waals surface area contributed by atoms with Crippen LogP contribution in [0.4, 0.5) is 8.78 Å². The summed E-state index contributed by atoms with van der Waals surface area (Å²) in [6.07, 6.45) is 2.24. The van der Waals surface area contributed by atoms with E-state index in [0.717, 1.165) is 25.9 Å². The molecule has 6 heteroatoms. The molecular weight excluding hydrogens is 252 g/mol. The lowest BCUT2D eigenvalue weighted by atomic mass is 9.95. The van der Waals surface area contributed by atoms with E-state index in [4.69, 9.17) is 0 Å². The Morgan fingerprint density at radius 1 is 1.21 bits per heavy atom. The van der Waals surface area contributed by atoms with E-state index in [1.165, 1.54) is 6.92 Å².